The van der Waals surface area contributed by atoms with Crippen LogP contribution in [0.15, 0.2) is 47.5 Å². The van der Waals surface area contributed by atoms with E-state index in [0.717, 1.165) is 27.7 Å². The number of aromatic hydroxyl groups is 1. The third-order valence-corrected chi connectivity index (χ3v) is 3.35. The fourth-order valence-electron chi connectivity index (χ4n) is 2.22. The Morgan fingerprint density at radius 2 is 1.70 bits per heavy atom. The number of hydrogen-bond donors (Lipinski definition) is 2. The predicted molar refractivity (Wildman–Crippen MR) is 83.1 cm³/mol. The Labute approximate surface area is 117 Å². The first-order valence-electron chi connectivity index (χ1n) is 6.55. The van der Waals surface area contributed by atoms with Gasteiger partial charge in [-0.2, -0.15) is 0 Å². The van der Waals surface area contributed by atoms with E-state index in [4.69, 9.17) is 0 Å². The molecule has 0 radical (unpaired) electrons. The highest BCUT2D eigenvalue weighted by Crippen LogP contribution is 2.27. The first-order chi connectivity index (χ1) is 9.63. The van der Waals surface area contributed by atoms with E-state index in [1.165, 1.54) is 5.56 Å². The lowest BCUT2D eigenvalue weighted by molar-refractivity contribution is 0.457. The standard InChI is InChI=1S/C17H16N2O/c1-11-3-6-13(7-4-11)18-10-15-14-8-5-12(2)9-16(14)19-17(15)20/h3-10,19-20H,1-2H3. The van der Waals surface area contributed by atoms with Crippen LogP contribution < -0.4 is 0 Å². The van der Waals surface area contributed by atoms with Crippen LogP contribution in [0.25, 0.3) is 10.9 Å². The zero-order valence-corrected chi connectivity index (χ0v) is 11.5. The molecule has 0 amide bonds. The Morgan fingerprint density at radius 3 is 2.45 bits per heavy atom. The van der Waals surface area contributed by atoms with Crippen molar-refractivity contribution >= 4 is 22.8 Å². The maximum Gasteiger partial charge on any atom is 0.198 e. The second kappa shape index (κ2) is 4.85. The lowest BCUT2D eigenvalue weighted by Gasteiger charge is -1.96. The summed E-state index contributed by atoms with van der Waals surface area (Å²) in [5.41, 5.74) is 4.88. The first kappa shape index (κ1) is 12.5. The number of aliphatic imine (C=N–C) groups is 1. The van der Waals surface area contributed by atoms with Gasteiger partial charge in [-0.15, -0.1) is 0 Å². The maximum atomic E-state index is 10.0. The molecule has 3 heteroatoms. The zero-order valence-electron chi connectivity index (χ0n) is 11.5. The molecule has 100 valence electrons. The van der Waals surface area contributed by atoms with Gasteiger partial charge < -0.3 is 10.1 Å². The SMILES string of the molecule is Cc1ccc(N=Cc2c(O)[nH]c3cc(C)ccc23)cc1. The molecule has 1 heterocycles. The Hall–Kier alpha value is -2.55. The summed E-state index contributed by atoms with van der Waals surface area (Å²) in [5, 5.41) is 11.0. The average Bonchev–Trinajstić information content (AvgIpc) is 2.73. The van der Waals surface area contributed by atoms with Crippen LogP contribution in [0.5, 0.6) is 5.88 Å². The molecule has 20 heavy (non-hydrogen) atoms. The van der Waals surface area contributed by atoms with Crippen LogP contribution in [0, 0.1) is 13.8 Å². The van der Waals surface area contributed by atoms with Crippen molar-refractivity contribution in [2.75, 3.05) is 0 Å². The van der Waals surface area contributed by atoms with Crippen molar-refractivity contribution in [3.05, 3.63) is 59.2 Å². The molecule has 0 unspecified atom stereocenters. The van der Waals surface area contributed by atoms with E-state index in [2.05, 4.69) is 9.98 Å². The third-order valence-electron chi connectivity index (χ3n) is 3.35. The largest absolute Gasteiger partial charge is 0.494 e. The van der Waals surface area contributed by atoms with Crippen molar-refractivity contribution in [2.24, 2.45) is 4.99 Å². The van der Waals surface area contributed by atoms with Gasteiger partial charge in [0, 0.05) is 17.1 Å². The highest BCUT2D eigenvalue weighted by atomic mass is 16.3. The van der Waals surface area contributed by atoms with Crippen LogP contribution in [0.4, 0.5) is 5.69 Å². The normalized spacial score (nSPS) is 11.5. The van der Waals surface area contributed by atoms with Gasteiger partial charge in [-0.1, -0.05) is 29.8 Å². The highest BCUT2D eigenvalue weighted by molar-refractivity contribution is 6.02. The summed E-state index contributed by atoms with van der Waals surface area (Å²) in [5.74, 6) is 0.154. The minimum atomic E-state index is 0.154. The number of fused-ring (bicyclic) bond motifs is 1. The number of benzene rings is 2. The van der Waals surface area contributed by atoms with Crippen LogP contribution in [-0.4, -0.2) is 16.3 Å². The number of rotatable bonds is 2. The van der Waals surface area contributed by atoms with Crippen molar-refractivity contribution in [3.8, 4) is 5.88 Å². The van der Waals surface area contributed by atoms with Gasteiger partial charge in [-0.25, -0.2) is 0 Å². The summed E-state index contributed by atoms with van der Waals surface area (Å²) < 4.78 is 0. The monoisotopic (exact) mass is 264 g/mol. The molecular formula is C17H16N2O. The number of nitrogens with one attached hydrogen (secondary N) is 1. The Balaban J connectivity index is 2.02. The molecular weight excluding hydrogens is 248 g/mol. The van der Waals surface area contributed by atoms with Crippen molar-refractivity contribution in [1.82, 2.24) is 4.98 Å². The summed E-state index contributed by atoms with van der Waals surface area (Å²) >= 11 is 0. The second-order valence-electron chi connectivity index (χ2n) is 5.03. The minimum absolute atomic E-state index is 0.154. The van der Waals surface area contributed by atoms with E-state index in [1.54, 1.807) is 6.21 Å². The van der Waals surface area contributed by atoms with Gasteiger partial charge >= 0.3 is 0 Å². The third kappa shape index (κ3) is 2.30. The van der Waals surface area contributed by atoms with E-state index in [0.29, 0.717) is 0 Å². The average molecular weight is 264 g/mol. The molecule has 0 aliphatic heterocycles. The maximum absolute atomic E-state index is 10.0. The quantitative estimate of drug-likeness (QED) is 0.668. The smallest absolute Gasteiger partial charge is 0.198 e. The summed E-state index contributed by atoms with van der Waals surface area (Å²) in [6.45, 7) is 4.07. The van der Waals surface area contributed by atoms with Crippen LogP contribution in [-0.2, 0) is 0 Å². The van der Waals surface area contributed by atoms with Gasteiger partial charge in [0.15, 0.2) is 5.88 Å². The van der Waals surface area contributed by atoms with Crippen molar-refractivity contribution < 1.29 is 5.11 Å². The Bertz CT molecular complexity index is 783. The summed E-state index contributed by atoms with van der Waals surface area (Å²) in [7, 11) is 0. The number of nitrogens with zero attached hydrogens (tertiary/aromatic N) is 1. The van der Waals surface area contributed by atoms with Gasteiger partial charge in [0.25, 0.3) is 0 Å². The number of aryl methyl sites for hydroxylation is 2. The molecule has 2 N–H and O–H groups in total. The molecule has 3 nitrogen and oxygen atoms in total. The van der Waals surface area contributed by atoms with Gasteiger partial charge in [-0.3, -0.25) is 4.99 Å². The number of aromatic amines is 1. The number of hydrogen-bond acceptors (Lipinski definition) is 2. The van der Waals surface area contributed by atoms with Crippen molar-refractivity contribution in [1.29, 1.82) is 0 Å². The Kier molecular flexibility index (Phi) is 3.03. The van der Waals surface area contributed by atoms with E-state index in [1.807, 2.05) is 56.3 Å². The van der Waals surface area contributed by atoms with Gasteiger partial charge in [0.1, 0.15) is 0 Å². The van der Waals surface area contributed by atoms with Gasteiger partial charge in [0.2, 0.25) is 0 Å². The van der Waals surface area contributed by atoms with Crippen LogP contribution in [0.2, 0.25) is 0 Å². The zero-order chi connectivity index (χ0) is 14.1. The van der Waals surface area contributed by atoms with Crippen molar-refractivity contribution in [2.45, 2.75) is 13.8 Å². The molecule has 0 saturated carbocycles. The van der Waals surface area contributed by atoms with Crippen LogP contribution in [0.1, 0.15) is 16.7 Å². The van der Waals surface area contributed by atoms with Crippen molar-refractivity contribution in [3.63, 3.8) is 0 Å². The van der Waals surface area contributed by atoms with E-state index >= 15 is 0 Å². The van der Waals surface area contributed by atoms with E-state index in [-0.39, 0.29) is 5.88 Å². The van der Waals surface area contributed by atoms with Crippen LogP contribution in [0.3, 0.4) is 0 Å². The van der Waals surface area contributed by atoms with Gasteiger partial charge in [-0.05, 0) is 37.6 Å². The molecule has 0 bridgehead atoms. The fraction of sp³-hybridized carbons (Fsp3) is 0.118. The molecule has 0 aliphatic carbocycles. The highest BCUT2D eigenvalue weighted by Gasteiger charge is 2.08. The summed E-state index contributed by atoms with van der Waals surface area (Å²) in [6.07, 6.45) is 1.70. The molecule has 3 rings (SSSR count). The molecule has 2 aromatic carbocycles. The predicted octanol–water partition coefficient (Wildman–Crippen LogP) is 4.24. The van der Waals surface area contributed by atoms with E-state index < -0.39 is 0 Å². The van der Waals surface area contributed by atoms with Gasteiger partial charge in [0.05, 0.1) is 11.3 Å². The molecule has 0 aliphatic rings. The summed E-state index contributed by atoms with van der Waals surface area (Å²) in [6, 6.07) is 14.0. The second-order valence-corrected chi connectivity index (χ2v) is 5.03. The Morgan fingerprint density at radius 1 is 1.00 bits per heavy atom. The van der Waals surface area contributed by atoms with E-state index in [9.17, 15) is 5.11 Å². The lowest BCUT2D eigenvalue weighted by atomic mass is 10.1. The molecule has 3 aromatic rings. The molecule has 0 saturated heterocycles. The molecule has 0 fully saturated rings. The lowest BCUT2D eigenvalue weighted by Crippen LogP contribution is -1.79. The fourth-order valence-corrected chi connectivity index (χ4v) is 2.22. The van der Waals surface area contributed by atoms with Crippen LogP contribution >= 0.6 is 0 Å². The number of aromatic nitrogens is 1. The summed E-state index contributed by atoms with van der Waals surface area (Å²) in [4.78, 5) is 7.40. The number of H-pyrrole nitrogens is 1. The molecule has 0 spiro atoms. The minimum Gasteiger partial charge on any atom is -0.494 e. The molecule has 1 aromatic heterocycles. The first-order valence-corrected chi connectivity index (χ1v) is 6.55. The topological polar surface area (TPSA) is 48.4 Å². The molecule has 0 atom stereocenters.